The lowest BCUT2D eigenvalue weighted by Crippen LogP contribution is -2.12. The van der Waals surface area contributed by atoms with Crippen molar-refractivity contribution in [1.29, 1.82) is 0 Å². The van der Waals surface area contributed by atoms with Gasteiger partial charge in [0.05, 0.1) is 0 Å². The quantitative estimate of drug-likeness (QED) is 0.854. The Labute approximate surface area is 97.1 Å². The van der Waals surface area contributed by atoms with Crippen LogP contribution in [0.3, 0.4) is 0 Å². The third-order valence-corrected chi connectivity index (χ3v) is 4.16. The number of nitrogens with one attached hydrogen (secondary N) is 1. The summed E-state index contributed by atoms with van der Waals surface area (Å²) in [5, 5.41) is 3.07. The van der Waals surface area contributed by atoms with Gasteiger partial charge in [-0.1, -0.05) is 6.07 Å². The zero-order valence-electron chi connectivity index (χ0n) is 8.85. The van der Waals surface area contributed by atoms with E-state index >= 15 is 0 Å². The van der Waals surface area contributed by atoms with E-state index in [1.165, 1.54) is 22.4 Å². The number of rotatable bonds is 2. The number of H-pyrrole nitrogens is 1. The average Bonchev–Trinajstić information content (AvgIpc) is 2.88. The van der Waals surface area contributed by atoms with Gasteiger partial charge in [-0.25, -0.2) is 9.50 Å². The molecule has 5 heteroatoms. The van der Waals surface area contributed by atoms with Gasteiger partial charge in [0.1, 0.15) is 5.82 Å². The second-order valence-corrected chi connectivity index (χ2v) is 5.31. The lowest BCUT2D eigenvalue weighted by Gasteiger charge is -2.03. The molecule has 1 atom stereocenters. The number of aromatic amines is 1. The molecule has 2 aromatic heterocycles. The van der Waals surface area contributed by atoms with Gasteiger partial charge in [0.2, 0.25) is 0 Å². The highest BCUT2D eigenvalue weighted by atomic mass is 32.2. The standard InChI is InChI=1S/C11H13N3OS/c15-11-3-1-2-10-12-9(13-14(10)11)6-8-4-5-16-7-8/h1-3,8H,4-7H2,(H,12,13). The Bertz CT molecular complexity index is 554. The highest BCUT2D eigenvalue weighted by molar-refractivity contribution is 7.99. The molecule has 0 radical (unpaired) electrons. The predicted octanol–water partition coefficient (Wildman–Crippen LogP) is 1.32. The largest absolute Gasteiger partial charge is 0.276 e. The summed E-state index contributed by atoms with van der Waals surface area (Å²) in [6.07, 6.45) is 2.21. The molecule has 1 aliphatic rings. The van der Waals surface area contributed by atoms with Crippen LogP contribution in [0.4, 0.5) is 0 Å². The van der Waals surface area contributed by atoms with Crippen LogP contribution < -0.4 is 5.56 Å². The molecule has 3 rings (SSSR count). The van der Waals surface area contributed by atoms with Gasteiger partial charge in [0.25, 0.3) is 5.56 Å². The molecule has 2 aromatic rings. The number of pyridine rings is 1. The second kappa shape index (κ2) is 3.97. The molecule has 0 aliphatic carbocycles. The van der Waals surface area contributed by atoms with Crippen LogP contribution in [0.5, 0.6) is 0 Å². The summed E-state index contributed by atoms with van der Waals surface area (Å²) >= 11 is 2.00. The maximum atomic E-state index is 11.5. The molecule has 1 fully saturated rings. The van der Waals surface area contributed by atoms with Gasteiger partial charge in [-0.15, -0.1) is 0 Å². The average molecular weight is 235 g/mol. The van der Waals surface area contributed by atoms with Crippen molar-refractivity contribution < 1.29 is 0 Å². The lowest BCUT2D eigenvalue weighted by atomic mass is 10.1. The van der Waals surface area contributed by atoms with Crippen molar-refractivity contribution in [3.05, 3.63) is 34.4 Å². The topological polar surface area (TPSA) is 50.2 Å². The summed E-state index contributed by atoms with van der Waals surface area (Å²) in [4.78, 5) is 16.0. The van der Waals surface area contributed by atoms with Crippen molar-refractivity contribution in [3.63, 3.8) is 0 Å². The molecule has 84 valence electrons. The molecular weight excluding hydrogens is 222 g/mol. The molecule has 0 bridgehead atoms. The SMILES string of the molecule is O=c1cccc2nc(CC3CCSC3)[nH]n12. The molecular formula is C11H13N3OS. The summed E-state index contributed by atoms with van der Waals surface area (Å²) in [6, 6.07) is 5.14. The van der Waals surface area contributed by atoms with Crippen LogP contribution in [0.2, 0.25) is 0 Å². The maximum Gasteiger partial charge on any atom is 0.271 e. The van der Waals surface area contributed by atoms with Crippen LogP contribution in [0.15, 0.2) is 23.0 Å². The van der Waals surface area contributed by atoms with Crippen LogP contribution in [0.1, 0.15) is 12.2 Å². The fourth-order valence-corrected chi connectivity index (χ4v) is 3.36. The van der Waals surface area contributed by atoms with Gasteiger partial charge in [0.15, 0.2) is 5.65 Å². The van der Waals surface area contributed by atoms with E-state index in [-0.39, 0.29) is 5.56 Å². The van der Waals surface area contributed by atoms with Crippen molar-refractivity contribution in [2.24, 2.45) is 5.92 Å². The first-order chi connectivity index (χ1) is 7.83. The van der Waals surface area contributed by atoms with E-state index in [9.17, 15) is 4.79 Å². The fourth-order valence-electron chi connectivity index (χ4n) is 2.08. The molecule has 1 saturated heterocycles. The Morgan fingerprint density at radius 3 is 3.25 bits per heavy atom. The van der Waals surface area contributed by atoms with Crippen molar-refractivity contribution in [2.75, 3.05) is 11.5 Å². The minimum Gasteiger partial charge on any atom is -0.276 e. The van der Waals surface area contributed by atoms with Gasteiger partial charge in [-0.05, 0) is 29.9 Å². The Morgan fingerprint density at radius 2 is 2.50 bits per heavy atom. The molecule has 4 nitrogen and oxygen atoms in total. The lowest BCUT2D eigenvalue weighted by molar-refractivity contribution is 0.575. The van der Waals surface area contributed by atoms with Crippen LogP contribution in [0, 0.1) is 5.92 Å². The first-order valence-electron chi connectivity index (χ1n) is 5.47. The molecule has 1 aliphatic heterocycles. The molecule has 0 saturated carbocycles. The summed E-state index contributed by atoms with van der Waals surface area (Å²) in [7, 11) is 0. The van der Waals surface area contributed by atoms with Crippen molar-refractivity contribution in [3.8, 4) is 0 Å². The summed E-state index contributed by atoms with van der Waals surface area (Å²) in [5.41, 5.74) is 0.671. The molecule has 1 unspecified atom stereocenters. The molecule has 1 N–H and O–H groups in total. The number of hydrogen-bond acceptors (Lipinski definition) is 3. The van der Waals surface area contributed by atoms with E-state index in [1.807, 2.05) is 17.8 Å². The molecule has 3 heterocycles. The number of hydrogen-bond donors (Lipinski definition) is 1. The Kier molecular flexibility index (Phi) is 2.47. The smallest absolute Gasteiger partial charge is 0.271 e. The molecule has 16 heavy (non-hydrogen) atoms. The summed E-state index contributed by atoms with van der Waals surface area (Å²) in [5.74, 6) is 4.11. The first-order valence-corrected chi connectivity index (χ1v) is 6.63. The number of fused-ring (bicyclic) bond motifs is 1. The number of nitrogens with zero attached hydrogens (tertiary/aromatic N) is 2. The van der Waals surface area contributed by atoms with Gasteiger partial charge < -0.3 is 0 Å². The Balaban J connectivity index is 1.93. The predicted molar refractivity (Wildman–Crippen MR) is 64.9 cm³/mol. The maximum absolute atomic E-state index is 11.5. The fraction of sp³-hybridized carbons (Fsp3) is 0.455. The third kappa shape index (κ3) is 1.75. The minimum atomic E-state index is -0.0444. The van der Waals surface area contributed by atoms with Crippen molar-refractivity contribution in [1.82, 2.24) is 14.6 Å². The van der Waals surface area contributed by atoms with E-state index < -0.39 is 0 Å². The third-order valence-electron chi connectivity index (χ3n) is 2.93. The van der Waals surface area contributed by atoms with Crippen LogP contribution in [-0.2, 0) is 6.42 Å². The van der Waals surface area contributed by atoms with Gasteiger partial charge in [-0.3, -0.25) is 9.89 Å². The van der Waals surface area contributed by atoms with Crippen molar-refractivity contribution >= 4 is 17.4 Å². The zero-order valence-corrected chi connectivity index (χ0v) is 9.67. The Morgan fingerprint density at radius 1 is 1.56 bits per heavy atom. The first kappa shape index (κ1) is 9.96. The van der Waals surface area contributed by atoms with E-state index in [2.05, 4.69) is 10.1 Å². The highest BCUT2D eigenvalue weighted by Gasteiger charge is 2.17. The second-order valence-electron chi connectivity index (χ2n) is 4.16. The van der Waals surface area contributed by atoms with E-state index in [0.29, 0.717) is 11.6 Å². The monoisotopic (exact) mass is 235 g/mol. The van der Waals surface area contributed by atoms with Crippen LogP contribution >= 0.6 is 11.8 Å². The van der Waals surface area contributed by atoms with Crippen molar-refractivity contribution in [2.45, 2.75) is 12.8 Å². The molecule has 0 aromatic carbocycles. The minimum absolute atomic E-state index is 0.0444. The Hall–Kier alpha value is -1.23. The van der Waals surface area contributed by atoms with Crippen LogP contribution in [-0.4, -0.2) is 26.1 Å². The van der Waals surface area contributed by atoms with Gasteiger partial charge in [-0.2, -0.15) is 11.8 Å². The molecule has 0 amide bonds. The van der Waals surface area contributed by atoms with Gasteiger partial charge >= 0.3 is 0 Å². The zero-order chi connectivity index (χ0) is 11.0. The number of thioether (sulfide) groups is 1. The van der Waals surface area contributed by atoms with Crippen LogP contribution in [0.25, 0.3) is 5.65 Å². The summed E-state index contributed by atoms with van der Waals surface area (Å²) in [6.45, 7) is 0. The van der Waals surface area contributed by atoms with Gasteiger partial charge in [0, 0.05) is 12.5 Å². The van der Waals surface area contributed by atoms with E-state index in [4.69, 9.17) is 0 Å². The number of aromatic nitrogens is 3. The molecule has 0 spiro atoms. The highest BCUT2D eigenvalue weighted by Crippen LogP contribution is 2.25. The summed E-state index contributed by atoms with van der Waals surface area (Å²) < 4.78 is 1.51. The van der Waals surface area contributed by atoms with E-state index in [0.717, 1.165) is 12.2 Å². The van der Waals surface area contributed by atoms with E-state index in [1.54, 1.807) is 12.1 Å². The normalized spacial score (nSPS) is 20.6.